The van der Waals surface area contributed by atoms with Gasteiger partial charge in [-0.2, -0.15) is 5.10 Å². The fraction of sp³-hybridized carbons (Fsp3) is 0. The van der Waals surface area contributed by atoms with Crippen LogP contribution in [0.2, 0.25) is 0 Å². The molecule has 4 nitrogen and oxygen atoms in total. The van der Waals surface area contributed by atoms with Crippen LogP contribution in [0.1, 0.15) is 16.1 Å². The zero-order chi connectivity index (χ0) is 16.4. The van der Waals surface area contributed by atoms with Crippen molar-refractivity contribution >= 4 is 28.1 Å². The summed E-state index contributed by atoms with van der Waals surface area (Å²) in [6, 6.07) is 2.68. The van der Waals surface area contributed by atoms with Crippen molar-refractivity contribution < 1.29 is 31.2 Å². The molecule has 1 aromatic heterocycles. The van der Waals surface area contributed by atoms with E-state index >= 15 is 0 Å². The molecular formula is C12H4BrF5N2O2. The zero-order valence-electron chi connectivity index (χ0n) is 10.3. The summed E-state index contributed by atoms with van der Waals surface area (Å²) in [5, 5.41) is 3.13. The van der Waals surface area contributed by atoms with E-state index in [1.165, 1.54) is 12.1 Å². The third kappa shape index (κ3) is 3.01. The quantitative estimate of drug-likeness (QED) is 0.290. The maximum atomic E-state index is 13.3. The molecule has 1 aromatic carbocycles. The highest BCUT2D eigenvalue weighted by Crippen LogP contribution is 2.21. The number of carbonyl (C=O) groups is 1. The number of amides is 1. The van der Waals surface area contributed by atoms with Crippen LogP contribution in [-0.2, 0) is 0 Å². The Kier molecular flexibility index (Phi) is 4.59. The molecule has 0 saturated carbocycles. The second-order valence-corrected chi connectivity index (χ2v) is 4.57. The van der Waals surface area contributed by atoms with Gasteiger partial charge in [0, 0.05) is 0 Å². The average Bonchev–Trinajstić information content (AvgIpc) is 2.93. The van der Waals surface area contributed by atoms with E-state index in [1.54, 1.807) is 0 Å². The van der Waals surface area contributed by atoms with E-state index in [9.17, 15) is 26.7 Å². The molecule has 116 valence electrons. The molecule has 0 bridgehead atoms. The van der Waals surface area contributed by atoms with Crippen LogP contribution in [-0.4, -0.2) is 12.1 Å². The molecule has 1 N–H and O–H groups in total. The standard InChI is InChI=1S/C12H4BrF5N2O2/c13-6-2-1-5(22-6)12(21)20-19-3-4-7(14)9(16)11(18)10(17)8(4)15/h1-3H,(H,20,21). The predicted molar refractivity (Wildman–Crippen MR) is 67.7 cm³/mol. The summed E-state index contributed by atoms with van der Waals surface area (Å²) >= 11 is 2.94. The minimum atomic E-state index is -2.28. The Balaban J connectivity index is 2.22. The van der Waals surface area contributed by atoms with Gasteiger partial charge in [-0.3, -0.25) is 4.79 Å². The van der Waals surface area contributed by atoms with Crippen molar-refractivity contribution in [2.45, 2.75) is 0 Å². The fourth-order valence-corrected chi connectivity index (χ4v) is 1.69. The van der Waals surface area contributed by atoms with E-state index in [1.807, 2.05) is 5.43 Å². The Morgan fingerprint density at radius 1 is 1.05 bits per heavy atom. The van der Waals surface area contributed by atoms with Gasteiger partial charge in [-0.15, -0.1) is 0 Å². The molecule has 0 unspecified atom stereocenters. The smallest absolute Gasteiger partial charge is 0.307 e. The average molecular weight is 383 g/mol. The lowest BCUT2D eigenvalue weighted by Crippen LogP contribution is -2.17. The Labute approximate surface area is 127 Å². The molecule has 2 rings (SSSR count). The minimum absolute atomic E-state index is 0.179. The normalized spacial score (nSPS) is 11.2. The van der Waals surface area contributed by atoms with Gasteiger partial charge in [-0.1, -0.05) is 0 Å². The third-order valence-corrected chi connectivity index (χ3v) is 2.83. The number of furan rings is 1. The largest absolute Gasteiger partial charge is 0.444 e. The summed E-state index contributed by atoms with van der Waals surface area (Å²) in [6.45, 7) is 0. The Morgan fingerprint density at radius 2 is 1.59 bits per heavy atom. The number of carbonyl (C=O) groups excluding carboxylic acids is 1. The van der Waals surface area contributed by atoms with Gasteiger partial charge in [-0.05, 0) is 28.1 Å². The summed E-state index contributed by atoms with van der Waals surface area (Å²) in [7, 11) is 0. The van der Waals surface area contributed by atoms with Crippen molar-refractivity contribution in [3.63, 3.8) is 0 Å². The molecule has 0 aliphatic heterocycles. The molecule has 1 amide bonds. The lowest BCUT2D eigenvalue weighted by atomic mass is 10.2. The molecule has 0 radical (unpaired) electrons. The van der Waals surface area contributed by atoms with Crippen molar-refractivity contribution in [1.29, 1.82) is 0 Å². The van der Waals surface area contributed by atoms with Crippen LogP contribution in [0.15, 0.2) is 26.3 Å². The molecule has 0 fully saturated rings. The van der Waals surface area contributed by atoms with Gasteiger partial charge < -0.3 is 4.42 Å². The summed E-state index contributed by atoms with van der Waals surface area (Å²) in [6.07, 6.45) is 0.298. The van der Waals surface area contributed by atoms with E-state index in [4.69, 9.17) is 4.42 Å². The van der Waals surface area contributed by atoms with Crippen molar-refractivity contribution in [3.05, 3.63) is 57.2 Å². The van der Waals surface area contributed by atoms with Gasteiger partial charge in [0.2, 0.25) is 5.82 Å². The van der Waals surface area contributed by atoms with Crippen LogP contribution in [0.4, 0.5) is 22.0 Å². The Morgan fingerprint density at radius 3 is 2.09 bits per heavy atom. The summed E-state index contributed by atoms with van der Waals surface area (Å²) in [5.41, 5.74) is 0.532. The van der Waals surface area contributed by atoms with E-state index in [2.05, 4.69) is 21.0 Å². The van der Waals surface area contributed by atoms with Gasteiger partial charge in [-0.25, -0.2) is 27.4 Å². The number of hydrogen-bond donors (Lipinski definition) is 1. The van der Waals surface area contributed by atoms with Crippen LogP contribution in [0.25, 0.3) is 0 Å². The number of hydrazone groups is 1. The highest BCUT2D eigenvalue weighted by atomic mass is 79.9. The molecule has 0 aliphatic rings. The summed E-state index contributed by atoms with van der Waals surface area (Å²) < 4.78 is 70.4. The van der Waals surface area contributed by atoms with Crippen molar-refractivity contribution in [3.8, 4) is 0 Å². The van der Waals surface area contributed by atoms with Gasteiger partial charge in [0.05, 0.1) is 11.8 Å². The zero-order valence-corrected chi connectivity index (χ0v) is 11.8. The lowest BCUT2D eigenvalue weighted by Gasteiger charge is -2.03. The first-order valence-electron chi connectivity index (χ1n) is 5.43. The highest BCUT2D eigenvalue weighted by Gasteiger charge is 2.24. The third-order valence-electron chi connectivity index (χ3n) is 2.40. The number of hydrogen-bond acceptors (Lipinski definition) is 3. The number of nitrogens with one attached hydrogen (secondary N) is 1. The van der Waals surface area contributed by atoms with E-state index in [0.717, 1.165) is 0 Å². The number of benzene rings is 1. The molecular weight excluding hydrogens is 379 g/mol. The number of halogens is 6. The molecule has 10 heteroatoms. The van der Waals surface area contributed by atoms with E-state index < -0.39 is 40.6 Å². The molecule has 0 atom stereocenters. The van der Waals surface area contributed by atoms with E-state index in [0.29, 0.717) is 6.21 Å². The van der Waals surface area contributed by atoms with Crippen molar-refractivity contribution in [2.75, 3.05) is 0 Å². The summed E-state index contributed by atoms with van der Waals surface area (Å²) in [4.78, 5) is 11.5. The maximum absolute atomic E-state index is 13.3. The van der Waals surface area contributed by atoms with Crippen molar-refractivity contribution in [2.24, 2.45) is 5.10 Å². The topological polar surface area (TPSA) is 54.6 Å². The molecule has 1 heterocycles. The first kappa shape index (κ1) is 16.1. The Hall–Kier alpha value is -2.23. The van der Waals surface area contributed by atoms with Crippen LogP contribution < -0.4 is 5.43 Å². The second-order valence-electron chi connectivity index (χ2n) is 3.79. The molecule has 0 spiro atoms. The molecule has 2 aromatic rings. The first-order valence-corrected chi connectivity index (χ1v) is 6.22. The highest BCUT2D eigenvalue weighted by molar-refractivity contribution is 9.10. The lowest BCUT2D eigenvalue weighted by molar-refractivity contribution is 0.0926. The van der Waals surface area contributed by atoms with Crippen LogP contribution in [0, 0.1) is 29.1 Å². The molecule has 0 aliphatic carbocycles. The van der Waals surface area contributed by atoms with Crippen LogP contribution in [0.3, 0.4) is 0 Å². The molecule has 0 saturated heterocycles. The van der Waals surface area contributed by atoms with Gasteiger partial charge >= 0.3 is 5.91 Å². The minimum Gasteiger partial charge on any atom is -0.444 e. The predicted octanol–water partition coefficient (Wildman–Crippen LogP) is 3.50. The van der Waals surface area contributed by atoms with Gasteiger partial charge in [0.25, 0.3) is 0 Å². The van der Waals surface area contributed by atoms with Crippen LogP contribution >= 0.6 is 15.9 Å². The molecule has 22 heavy (non-hydrogen) atoms. The second kappa shape index (κ2) is 6.26. The van der Waals surface area contributed by atoms with Gasteiger partial charge in [0.15, 0.2) is 33.7 Å². The summed E-state index contributed by atoms with van der Waals surface area (Å²) in [5.74, 6) is -11.7. The van der Waals surface area contributed by atoms with Crippen molar-refractivity contribution in [1.82, 2.24) is 5.43 Å². The van der Waals surface area contributed by atoms with Gasteiger partial charge in [0.1, 0.15) is 0 Å². The monoisotopic (exact) mass is 382 g/mol. The van der Waals surface area contributed by atoms with Crippen LogP contribution in [0.5, 0.6) is 0 Å². The maximum Gasteiger partial charge on any atom is 0.307 e. The number of nitrogens with zero attached hydrogens (tertiary/aromatic N) is 1. The number of rotatable bonds is 3. The SMILES string of the molecule is O=C(NN=Cc1c(F)c(F)c(F)c(F)c1F)c1ccc(Br)o1. The first-order chi connectivity index (χ1) is 10.3. The fourth-order valence-electron chi connectivity index (χ4n) is 1.38. The van der Waals surface area contributed by atoms with E-state index in [-0.39, 0.29) is 10.4 Å². The Bertz CT molecular complexity index is 746.